The predicted molar refractivity (Wildman–Crippen MR) is 123 cm³/mol. The van der Waals surface area contributed by atoms with Crippen molar-refractivity contribution in [1.82, 2.24) is 10.2 Å². The van der Waals surface area contributed by atoms with Gasteiger partial charge in [-0.05, 0) is 69.5 Å². The summed E-state index contributed by atoms with van der Waals surface area (Å²) in [5, 5.41) is 4.10. The fourth-order valence-corrected chi connectivity index (χ4v) is 3.02. The van der Waals surface area contributed by atoms with Crippen molar-refractivity contribution in [3.05, 3.63) is 71.8 Å². The minimum absolute atomic E-state index is 0.478. The molecule has 0 fully saturated rings. The maximum absolute atomic E-state index is 5.84. The molecule has 0 spiro atoms. The van der Waals surface area contributed by atoms with Crippen LogP contribution in [0.4, 0.5) is 5.69 Å². The molecule has 0 aromatic heterocycles. The Labute approximate surface area is 174 Å². The summed E-state index contributed by atoms with van der Waals surface area (Å²) in [4.78, 5) is 4.27. The number of thiocarbonyl (C=S) groups is 1. The van der Waals surface area contributed by atoms with E-state index in [2.05, 4.69) is 73.9 Å². The second-order valence-corrected chi connectivity index (χ2v) is 7.48. The van der Waals surface area contributed by atoms with Crippen molar-refractivity contribution in [3.8, 4) is 5.75 Å². The number of hydrogen-bond acceptors (Lipinski definition) is 3. The normalized spacial score (nSPS) is 10.6. The molecule has 5 heteroatoms. The van der Waals surface area contributed by atoms with Gasteiger partial charge in [-0.3, -0.25) is 0 Å². The van der Waals surface area contributed by atoms with Gasteiger partial charge in [0, 0.05) is 24.3 Å². The predicted octanol–water partition coefficient (Wildman–Crippen LogP) is 4.31. The Hall–Kier alpha value is -2.37. The lowest BCUT2D eigenvalue weighted by Gasteiger charge is -2.28. The molecule has 150 valence electrons. The summed E-state index contributed by atoms with van der Waals surface area (Å²) in [6.07, 6.45) is 1.76. The molecule has 2 aromatic carbocycles. The number of likely N-dealkylation sites (N-methyl/N-ethyl adjacent to an activating group) is 1. The molecule has 0 aliphatic rings. The molecule has 0 aliphatic carbocycles. The highest BCUT2D eigenvalue weighted by molar-refractivity contribution is 7.80. The van der Waals surface area contributed by atoms with Crippen LogP contribution in [-0.4, -0.2) is 43.8 Å². The Balaban J connectivity index is 2.29. The molecule has 0 heterocycles. The van der Waals surface area contributed by atoms with Crippen LogP contribution in [0.15, 0.2) is 55.1 Å². The number of nitrogens with zero attached hydrogens (tertiary/aromatic N) is 2. The average molecular weight is 398 g/mol. The quantitative estimate of drug-likeness (QED) is 0.503. The van der Waals surface area contributed by atoms with E-state index in [9.17, 15) is 0 Å². The largest absolute Gasteiger partial charge is 0.489 e. The molecule has 0 aliphatic heterocycles. The number of nitrogens with one attached hydrogen (secondary N) is 1. The number of hydrogen-bond donors (Lipinski definition) is 1. The fourth-order valence-electron chi connectivity index (χ4n) is 2.75. The number of anilines is 1. The van der Waals surface area contributed by atoms with Crippen LogP contribution in [0.2, 0.25) is 0 Å². The van der Waals surface area contributed by atoms with Crippen LogP contribution < -0.4 is 15.0 Å². The highest BCUT2D eigenvalue weighted by Gasteiger charge is 2.16. The van der Waals surface area contributed by atoms with Crippen LogP contribution in [0.5, 0.6) is 5.75 Å². The van der Waals surface area contributed by atoms with Crippen molar-refractivity contribution >= 4 is 23.0 Å². The zero-order valence-corrected chi connectivity index (χ0v) is 18.2. The summed E-state index contributed by atoms with van der Waals surface area (Å²) in [5.74, 6) is 0.854. The lowest BCUT2D eigenvalue weighted by molar-refractivity contribution is 0.359. The van der Waals surface area contributed by atoms with Gasteiger partial charge in [-0.1, -0.05) is 36.9 Å². The third-order valence-corrected chi connectivity index (χ3v) is 4.91. The van der Waals surface area contributed by atoms with Gasteiger partial charge in [0.15, 0.2) is 5.11 Å². The lowest BCUT2D eigenvalue weighted by Crippen LogP contribution is -2.42. The Morgan fingerprint density at radius 1 is 1.14 bits per heavy atom. The molecule has 0 saturated heterocycles. The van der Waals surface area contributed by atoms with Gasteiger partial charge in [-0.15, -0.1) is 0 Å². The van der Waals surface area contributed by atoms with Crippen LogP contribution in [0.25, 0.3) is 0 Å². The van der Waals surface area contributed by atoms with E-state index in [1.54, 1.807) is 6.08 Å². The second kappa shape index (κ2) is 10.8. The molecule has 0 saturated carbocycles. The standard InChI is InChI=1S/C23H31N3OS/c1-6-15-27-22-10-8-7-9-20(22)17-26(23(28)24-13-14-25(4)5)21-12-11-18(2)19(3)16-21/h6-12,16H,1,13-15,17H2,2-5H3,(H,24,28). The molecule has 1 N–H and O–H groups in total. The monoisotopic (exact) mass is 397 g/mol. The third kappa shape index (κ3) is 6.36. The first-order valence-electron chi connectivity index (χ1n) is 9.51. The van der Waals surface area contributed by atoms with Gasteiger partial charge in [0.2, 0.25) is 0 Å². The second-order valence-electron chi connectivity index (χ2n) is 7.10. The van der Waals surface area contributed by atoms with Gasteiger partial charge in [0.25, 0.3) is 0 Å². The summed E-state index contributed by atoms with van der Waals surface area (Å²) in [7, 11) is 4.11. The maximum Gasteiger partial charge on any atom is 0.173 e. The summed E-state index contributed by atoms with van der Waals surface area (Å²) < 4.78 is 5.84. The molecule has 0 amide bonds. The summed E-state index contributed by atoms with van der Waals surface area (Å²) in [6.45, 7) is 10.8. The van der Waals surface area contributed by atoms with Crippen LogP contribution in [0.1, 0.15) is 16.7 Å². The Morgan fingerprint density at radius 2 is 1.89 bits per heavy atom. The lowest BCUT2D eigenvalue weighted by atomic mass is 10.1. The van der Waals surface area contributed by atoms with E-state index in [1.807, 2.05) is 18.2 Å². The molecule has 0 bridgehead atoms. The Bertz CT molecular complexity index is 804. The first kappa shape index (κ1) is 21.9. The van der Waals surface area contributed by atoms with Crippen molar-refractivity contribution in [1.29, 1.82) is 0 Å². The van der Waals surface area contributed by atoms with Crippen molar-refractivity contribution in [2.45, 2.75) is 20.4 Å². The summed E-state index contributed by atoms with van der Waals surface area (Å²) >= 11 is 5.75. The van der Waals surface area contributed by atoms with E-state index in [-0.39, 0.29) is 0 Å². The smallest absolute Gasteiger partial charge is 0.173 e. The number of benzene rings is 2. The molecule has 2 rings (SSSR count). The van der Waals surface area contributed by atoms with Gasteiger partial charge in [0.05, 0.1) is 6.54 Å². The highest BCUT2D eigenvalue weighted by Crippen LogP contribution is 2.25. The zero-order chi connectivity index (χ0) is 20.5. The van der Waals surface area contributed by atoms with E-state index in [0.29, 0.717) is 18.3 Å². The molecule has 0 atom stereocenters. The molecule has 0 radical (unpaired) electrons. The molecule has 0 unspecified atom stereocenters. The van der Waals surface area contributed by atoms with E-state index < -0.39 is 0 Å². The minimum Gasteiger partial charge on any atom is -0.489 e. The Morgan fingerprint density at radius 3 is 2.57 bits per heavy atom. The SMILES string of the molecule is C=CCOc1ccccc1CN(C(=S)NCCN(C)C)c1ccc(C)c(C)c1. The zero-order valence-electron chi connectivity index (χ0n) is 17.4. The van der Waals surface area contributed by atoms with Crippen molar-refractivity contribution < 1.29 is 4.74 Å². The number of aryl methyl sites for hydroxylation is 2. The average Bonchev–Trinajstić information content (AvgIpc) is 2.67. The van der Waals surface area contributed by atoms with Gasteiger partial charge < -0.3 is 19.9 Å². The van der Waals surface area contributed by atoms with Crippen LogP contribution in [-0.2, 0) is 6.54 Å². The van der Waals surface area contributed by atoms with Gasteiger partial charge in [-0.2, -0.15) is 0 Å². The molecular weight excluding hydrogens is 366 g/mol. The van der Waals surface area contributed by atoms with Crippen LogP contribution >= 0.6 is 12.2 Å². The van der Waals surface area contributed by atoms with Crippen LogP contribution in [0, 0.1) is 13.8 Å². The fraction of sp³-hybridized carbons (Fsp3) is 0.348. The highest BCUT2D eigenvalue weighted by atomic mass is 32.1. The number of ether oxygens (including phenoxy) is 1. The van der Waals surface area contributed by atoms with Gasteiger partial charge >= 0.3 is 0 Å². The first-order valence-corrected chi connectivity index (χ1v) is 9.92. The van der Waals surface area contributed by atoms with Gasteiger partial charge in [0.1, 0.15) is 12.4 Å². The first-order chi connectivity index (χ1) is 13.4. The van der Waals surface area contributed by atoms with E-state index in [4.69, 9.17) is 17.0 Å². The topological polar surface area (TPSA) is 27.7 Å². The third-order valence-electron chi connectivity index (χ3n) is 4.54. The maximum atomic E-state index is 5.84. The summed E-state index contributed by atoms with van der Waals surface area (Å²) in [6, 6.07) is 14.5. The summed E-state index contributed by atoms with van der Waals surface area (Å²) in [5.41, 5.74) is 4.67. The number of rotatable bonds is 9. The van der Waals surface area contributed by atoms with Crippen LogP contribution in [0.3, 0.4) is 0 Å². The van der Waals surface area contributed by atoms with Gasteiger partial charge in [-0.25, -0.2) is 0 Å². The van der Waals surface area contributed by atoms with E-state index in [0.717, 1.165) is 30.1 Å². The van der Waals surface area contributed by atoms with Crippen molar-refractivity contribution in [3.63, 3.8) is 0 Å². The number of para-hydroxylation sites is 1. The molecular formula is C23H31N3OS. The van der Waals surface area contributed by atoms with E-state index >= 15 is 0 Å². The molecule has 28 heavy (non-hydrogen) atoms. The Kier molecular flexibility index (Phi) is 8.48. The van der Waals surface area contributed by atoms with E-state index in [1.165, 1.54) is 11.1 Å². The molecule has 2 aromatic rings. The van der Waals surface area contributed by atoms with Crippen molar-refractivity contribution in [2.24, 2.45) is 0 Å². The van der Waals surface area contributed by atoms with Crippen molar-refractivity contribution in [2.75, 3.05) is 38.7 Å². The minimum atomic E-state index is 0.478. The molecule has 4 nitrogen and oxygen atoms in total.